The van der Waals surface area contributed by atoms with Gasteiger partial charge in [0.2, 0.25) is 0 Å². The van der Waals surface area contributed by atoms with Gasteiger partial charge in [0.05, 0.1) is 5.69 Å². The first-order valence-electron chi connectivity index (χ1n) is 6.27. The monoisotopic (exact) mass is 298 g/mol. The van der Waals surface area contributed by atoms with Gasteiger partial charge in [0.25, 0.3) is 0 Å². The number of benzene rings is 1. The van der Waals surface area contributed by atoms with Crippen molar-refractivity contribution in [3.05, 3.63) is 22.8 Å². The largest absolute Gasteiger partial charge is 0.465 e. The lowest BCUT2D eigenvalue weighted by Crippen LogP contribution is -2.17. The van der Waals surface area contributed by atoms with Crippen LogP contribution in [0.25, 0.3) is 0 Å². The minimum absolute atomic E-state index is 0.0888. The third-order valence-corrected chi connectivity index (χ3v) is 3.02. The van der Waals surface area contributed by atoms with E-state index in [-0.39, 0.29) is 37.4 Å². The third kappa shape index (κ3) is 4.33. The van der Waals surface area contributed by atoms with Gasteiger partial charge in [0.15, 0.2) is 0 Å². The molecule has 6 N–H and O–H groups in total. The number of hydrogen-bond donors (Lipinski definition) is 6. The Balaban J connectivity index is 3.48. The van der Waals surface area contributed by atoms with Gasteiger partial charge >= 0.3 is 12.2 Å². The molecule has 0 aliphatic carbocycles. The van der Waals surface area contributed by atoms with Crippen molar-refractivity contribution in [3.63, 3.8) is 0 Å². The predicted molar refractivity (Wildman–Crippen MR) is 76.1 cm³/mol. The maximum absolute atomic E-state index is 10.9. The number of aliphatic hydroxyl groups is 2. The Morgan fingerprint density at radius 2 is 1.62 bits per heavy atom. The van der Waals surface area contributed by atoms with Crippen molar-refractivity contribution in [2.75, 3.05) is 23.8 Å². The van der Waals surface area contributed by atoms with Gasteiger partial charge in [0, 0.05) is 24.5 Å². The molecule has 0 saturated carbocycles. The van der Waals surface area contributed by atoms with Crippen LogP contribution in [0.1, 0.15) is 16.7 Å². The molecule has 0 heterocycles. The Morgan fingerprint density at radius 3 is 2.10 bits per heavy atom. The van der Waals surface area contributed by atoms with Crippen LogP contribution in [-0.2, 0) is 12.8 Å². The number of amides is 2. The molecule has 2 amide bonds. The Hall–Kier alpha value is -2.32. The van der Waals surface area contributed by atoms with Gasteiger partial charge in [-0.1, -0.05) is 0 Å². The summed E-state index contributed by atoms with van der Waals surface area (Å²) in [6, 6.07) is 1.54. The van der Waals surface area contributed by atoms with Gasteiger partial charge in [0.1, 0.15) is 0 Å². The van der Waals surface area contributed by atoms with Crippen LogP contribution in [0.5, 0.6) is 0 Å². The third-order valence-electron chi connectivity index (χ3n) is 3.02. The van der Waals surface area contributed by atoms with Gasteiger partial charge in [-0.05, 0) is 37.0 Å². The summed E-state index contributed by atoms with van der Waals surface area (Å²) in [4.78, 5) is 21.8. The van der Waals surface area contributed by atoms with Crippen LogP contribution < -0.4 is 10.6 Å². The molecule has 0 fully saturated rings. The molecule has 1 rings (SSSR count). The van der Waals surface area contributed by atoms with Crippen LogP contribution >= 0.6 is 0 Å². The van der Waals surface area contributed by atoms with E-state index in [4.69, 9.17) is 20.4 Å². The van der Waals surface area contributed by atoms with E-state index in [1.165, 1.54) is 6.07 Å². The van der Waals surface area contributed by atoms with Crippen molar-refractivity contribution in [2.45, 2.75) is 19.8 Å². The lowest BCUT2D eigenvalue weighted by Gasteiger charge is -2.19. The minimum Gasteiger partial charge on any atom is -0.465 e. The molecular formula is C13H18N2O6. The number of nitrogens with one attached hydrogen (secondary N) is 2. The fraction of sp³-hybridized carbons (Fsp3) is 0.385. The zero-order valence-corrected chi connectivity index (χ0v) is 11.5. The number of rotatable bonds is 6. The maximum atomic E-state index is 10.9. The molecule has 0 bridgehead atoms. The summed E-state index contributed by atoms with van der Waals surface area (Å²) in [6.07, 6.45) is -2.24. The highest BCUT2D eigenvalue weighted by molar-refractivity contribution is 5.91. The van der Waals surface area contributed by atoms with Crippen LogP contribution in [-0.4, -0.2) is 45.8 Å². The molecule has 1 aromatic rings. The highest BCUT2D eigenvalue weighted by Gasteiger charge is 2.18. The number of hydrogen-bond acceptors (Lipinski definition) is 4. The lowest BCUT2D eigenvalue weighted by atomic mass is 9.96. The molecule has 8 nitrogen and oxygen atoms in total. The highest BCUT2D eigenvalue weighted by atomic mass is 16.4. The molecule has 0 aromatic heterocycles. The van der Waals surface area contributed by atoms with Crippen LogP contribution in [0.4, 0.5) is 21.0 Å². The van der Waals surface area contributed by atoms with Crippen molar-refractivity contribution in [3.8, 4) is 0 Å². The molecule has 0 saturated heterocycles. The summed E-state index contributed by atoms with van der Waals surface area (Å²) in [5.41, 5.74) is 1.99. The van der Waals surface area contributed by atoms with E-state index in [1.54, 1.807) is 6.92 Å². The molecular weight excluding hydrogens is 280 g/mol. The standard InChI is InChI=1S/C13H18N2O6/c1-7-8(2-4-16)6-10(14-12(18)19)9(3-5-17)11(7)15-13(20)21/h6,14-17H,2-5H2,1H3,(H,18,19)(H,20,21). The number of carbonyl (C=O) groups is 2. The van der Waals surface area contributed by atoms with E-state index < -0.39 is 12.2 Å². The van der Waals surface area contributed by atoms with Crippen LogP contribution in [0, 0.1) is 6.92 Å². The molecule has 8 heteroatoms. The molecule has 21 heavy (non-hydrogen) atoms. The van der Waals surface area contributed by atoms with Crippen molar-refractivity contribution in [1.82, 2.24) is 0 Å². The minimum atomic E-state index is -1.30. The van der Waals surface area contributed by atoms with E-state index in [1.807, 2.05) is 0 Å². The average Bonchev–Trinajstić information content (AvgIpc) is 2.38. The Labute approximate surface area is 121 Å². The summed E-state index contributed by atoms with van der Waals surface area (Å²) < 4.78 is 0. The molecule has 0 radical (unpaired) electrons. The predicted octanol–water partition coefficient (Wildman–Crippen LogP) is 1.24. The summed E-state index contributed by atoms with van der Waals surface area (Å²) in [5.74, 6) is 0. The Bertz CT molecular complexity index is 544. The SMILES string of the molecule is Cc1c(CCO)cc(NC(=O)O)c(CCO)c1NC(=O)O. The lowest BCUT2D eigenvalue weighted by molar-refractivity contribution is 0.208. The first kappa shape index (κ1) is 16.7. The van der Waals surface area contributed by atoms with Gasteiger partial charge in [-0.25, -0.2) is 9.59 Å². The number of aliphatic hydroxyl groups excluding tert-OH is 2. The summed E-state index contributed by atoms with van der Waals surface area (Å²) in [6.45, 7) is 1.25. The first-order chi connectivity index (χ1) is 9.90. The quantitative estimate of drug-likeness (QED) is 0.467. The molecule has 1 aromatic carbocycles. The molecule has 0 spiro atoms. The van der Waals surface area contributed by atoms with E-state index in [9.17, 15) is 9.59 Å². The zero-order chi connectivity index (χ0) is 16.0. The van der Waals surface area contributed by atoms with E-state index in [0.717, 1.165) is 0 Å². The zero-order valence-electron chi connectivity index (χ0n) is 11.5. The van der Waals surface area contributed by atoms with Crippen LogP contribution in [0.2, 0.25) is 0 Å². The highest BCUT2D eigenvalue weighted by Crippen LogP contribution is 2.32. The smallest absolute Gasteiger partial charge is 0.409 e. The summed E-state index contributed by atoms with van der Waals surface area (Å²) in [5, 5.41) is 40.4. The number of anilines is 2. The summed E-state index contributed by atoms with van der Waals surface area (Å²) >= 11 is 0. The molecule has 0 aliphatic heterocycles. The van der Waals surface area contributed by atoms with Gasteiger partial charge < -0.3 is 20.4 Å². The fourth-order valence-electron chi connectivity index (χ4n) is 2.15. The van der Waals surface area contributed by atoms with E-state index in [2.05, 4.69) is 10.6 Å². The second kappa shape index (κ2) is 7.46. The Kier molecular flexibility index (Phi) is 5.94. The van der Waals surface area contributed by atoms with Crippen molar-refractivity contribution in [1.29, 1.82) is 0 Å². The van der Waals surface area contributed by atoms with E-state index >= 15 is 0 Å². The van der Waals surface area contributed by atoms with Gasteiger partial charge in [-0.3, -0.25) is 10.6 Å². The van der Waals surface area contributed by atoms with Crippen molar-refractivity contribution < 1.29 is 30.0 Å². The van der Waals surface area contributed by atoms with Gasteiger partial charge in [-0.2, -0.15) is 0 Å². The van der Waals surface area contributed by atoms with E-state index in [0.29, 0.717) is 16.7 Å². The normalized spacial score (nSPS) is 10.2. The molecule has 116 valence electrons. The van der Waals surface area contributed by atoms with Crippen LogP contribution in [0.15, 0.2) is 6.07 Å². The average molecular weight is 298 g/mol. The second-order valence-electron chi connectivity index (χ2n) is 4.37. The first-order valence-corrected chi connectivity index (χ1v) is 6.27. The topological polar surface area (TPSA) is 139 Å². The number of carboxylic acid groups (broad SMARTS) is 2. The Morgan fingerprint density at radius 1 is 1.05 bits per heavy atom. The molecule has 0 unspecified atom stereocenters. The maximum Gasteiger partial charge on any atom is 0.409 e. The van der Waals surface area contributed by atoms with Crippen LogP contribution in [0.3, 0.4) is 0 Å². The molecule has 0 atom stereocenters. The van der Waals surface area contributed by atoms with Crippen molar-refractivity contribution in [2.24, 2.45) is 0 Å². The summed E-state index contributed by atoms with van der Waals surface area (Å²) in [7, 11) is 0. The second-order valence-corrected chi connectivity index (χ2v) is 4.37. The molecule has 0 aliphatic rings. The van der Waals surface area contributed by atoms with Gasteiger partial charge in [-0.15, -0.1) is 0 Å². The van der Waals surface area contributed by atoms with Crippen molar-refractivity contribution >= 4 is 23.6 Å². The fourth-order valence-corrected chi connectivity index (χ4v) is 2.15.